The van der Waals surface area contributed by atoms with Gasteiger partial charge in [0.2, 0.25) is 0 Å². The second-order valence-electron chi connectivity index (χ2n) is 6.40. The number of nitrogens with one attached hydrogen (secondary N) is 3. The van der Waals surface area contributed by atoms with Crippen LogP contribution < -0.4 is 25.4 Å². The van der Waals surface area contributed by atoms with Crippen molar-refractivity contribution in [1.29, 1.82) is 0 Å². The first kappa shape index (κ1) is 21.1. The van der Waals surface area contributed by atoms with Gasteiger partial charge in [0.25, 0.3) is 5.91 Å². The fraction of sp³-hybridized carbons (Fsp3) is 0.190. The predicted molar refractivity (Wildman–Crippen MR) is 118 cm³/mol. The molecule has 1 heterocycles. The largest absolute Gasteiger partial charge is 0.497 e. The van der Waals surface area contributed by atoms with Crippen LogP contribution in [0.25, 0.3) is 0 Å². The number of nitrogens with zero attached hydrogens (tertiary/aromatic N) is 1. The number of benzene rings is 2. The van der Waals surface area contributed by atoms with Crippen LogP contribution >= 0.6 is 11.3 Å². The van der Waals surface area contributed by atoms with Crippen LogP contribution in [0.3, 0.4) is 0 Å². The van der Waals surface area contributed by atoms with Crippen LogP contribution in [0.1, 0.15) is 20.9 Å². The Hall–Kier alpha value is -3.59. The summed E-state index contributed by atoms with van der Waals surface area (Å²) in [6.07, 6.45) is 0. The Morgan fingerprint density at radius 1 is 0.933 bits per heavy atom. The molecule has 0 aliphatic rings. The van der Waals surface area contributed by atoms with E-state index in [4.69, 9.17) is 9.47 Å². The van der Waals surface area contributed by atoms with Gasteiger partial charge in [0.1, 0.15) is 16.4 Å². The topological polar surface area (TPSA) is 102 Å². The number of aryl methyl sites for hydroxylation is 2. The van der Waals surface area contributed by atoms with Gasteiger partial charge in [0.05, 0.1) is 25.6 Å². The van der Waals surface area contributed by atoms with Crippen LogP contribution in [0.2, 0.25) is 0 Å². The fourth-order valence-electron chi connectivity index (χ4n) is 2.64. The zero-order valence-electron chi connectivity index (χ0n) is 17.0. The molecule has 0 bridgehead atoms. The van der Waals surface area contributed by atoms with Gasteiger partial charge in [0.15, 0.2) is 5.13 Å². The van der Waals surface area contributed by atoms with Gasteiger partial charge in [-0.1, -0.05) is 29.0 Å². The number of carbonyl (C=O) groups is 2. The number of carbonyl (C=O) groups excluding carboxylic acids is 2. The third-order valence-electron chi connectivity index (χ3n) is 4.19. The number of aromatic nitrogens is 1. The second kappa shape index (κ2) is 9.27. The lowest BCUT2D eigenvalue weighted by molar-refractivity contribution is 0.102. The first-order valence-electron chi connectivity index (χ1n) is 9.05. The Kier molecular flexibility index (Phi) is 6.53. The quantitative estimate of drug-likeness (QED) is 0.531. The number of hydrogen-bond acceptors (Lipinski definition) is 6. The maximum Gasteiger partial charge on any atom is 0.325 e. The molecule has 0 fully saturated rings. The molecule has 0 aliphatic heterocycles. The summed E-state index contributed by atoms with van der Waals surface area (Å²) in [4.78, 5) is 29.6. The van der Waals surface area contributed by atoms with Crippen LogP contribution in [-0.4, -0.2) is 31.1 Å². The van der Waals surface area contributed by atoms with Crippen molar-refractivity contribution in [3.8, 4) is 11.5 Å². The van der Waals surface area contributed by atoms with Crippen molar-refractivity contribution in [2.24, 2.45) is 0 Å². The fourth-order valence-corrected chi connectivity index (χ4v) is 3.49. The molecule has 0 aliphatic carbocycles. The summed E-state index contributed by atoms with van der Waals surface area (Å²) in [6, 6.07) is 12.1. The number of hydrogen-bond donors (Lipinski definition) is 3. The highest BCUT2D eigenvalue weighted by molar-refractivity contribution is 7.17. The summed E-state index contributed by atoms with van der Waals surface area (Å²) in [7, 11) is 3.06. The highest BCUT2D eigenvalue weighted by Gasteiger charge is 2.18. The van der Waals surface area contributed by atoms with Crippen LogP contribution in [0, 0.1) is 13.8 Å². The zero-order valence-corrected chi connectivity index (χ0v) is 17.8. The second-order valence-corrected chi connectivity index (χ2v) is 7.40. The van der Waals surface area contributed by atoms with Crippen LogP contribution in [0.5, 0.6) is 11.5 Å². The van der Waals surface area contributed by atoms with Gasteiger partial charge >= 0.3 is 6.03 Å². The molecule has 0 saturated carbocycles. The zero-order chi connectivity index (χ0) is 21.7. The normalized spacial score (nSPS) is 10.3. The highest BCUT2D eigenvalue weighted by atomic mass is 32.1. The van der Waals surface area contributed by atoms with Crippen molar-refractivity contribution in [2.75, 3.05) is 30.2 Å². The monoisotopic (exact) mass is 426 g/mol. The minimum Gasteiger partial charge on any atom is -0.497 e. The van der Waals surface area contributed by atoms with E-state index in [9.17, 15) is 9.59 Å². The van der Waals surface area contributed by atoms with Crippen molar-refractivity contribution in [3.63, 3.8) is 0 Å². The lowest BCUT2D eigenvalue weighted by atomic mass is 10.2. The van der Waals surface area contributed by atoms with Crippen molar-refractivity contribution in [3.05, 3.63) is 58.6 Å². The van der Waals surface area contributed by atoms with Gasteiger partial charge in [-0.05, 0) is 38.1 Å². The number of ether oxygens (including phenoxy) is 2. The van der Waals surface area contributed by atoms with Crippen LogP contribution in [0.4, 0.5) is 21.3 Å². The third kappa shape index (κ3) is 5.06. The molecule has 3 N–H and O–H groups in total. The summed E-state index contributed by atoms with van der Waals surface area (Å²) >= 11 is 1.09. The highest BCUT2D eigenvalue weighted by Crippen LogP contribution is 2.31. The maximum absolute atomic E-state index is 12.7. The molecule has 0 radical (unpaired) electrons. The van der Waals surface area contributed by atoms with Gasteiger partial charge in [-0.3, -0.25) is 10.1 Å². The molecule has 1 aromatic heterocycles. The summed E-state index contributed by atoms with van der Waals surface area (Å²) in [5.74, 6) is 0.742. The number of amides is 3. The van der Waals surface area contributed by atoms with Gasteiger partial charge in [-0.25, -0.2) is 9.78 Å². The van der Waals surface area contributed by atoms with Crippen LogP contribution in [0.15, 0.2) is 42.5 Å². The predicted octanol–water partition coefficient (Wildman–Crippen LogP) is 4.67. The minimum absolute atomic E-state index is 0.323. The number of anilines is 3. The van der Waals surface area contributed by atoms with Gasteiger partial charge in [0, 0.05) is 11.8 Å². The van der Waals surface area contributed by atoms with E-state index in [1.54, 1.807) is 32.2 Å². The van der Waals surface area contributed by atoms with Gasteiger partial charge in [-0.15, -0.1) is 0 Å². The van der Waals surface area contributed by atoms with Gasteiger partial charge < -0.3 is 20.1 Å². The molecule has 30 heavy (non-hydrogen) atoms. The van der Waals surface area contributed by atoms with E-state index in [1.807, 2.05) is 31.2 Å². The number of urea groups is 1. The third-order valence-corrected chi connectivity index (χ3v) is 5.26. The van der Waals surface area contributed by atoms with Crippen LogP contribution in [-0.2, 0) is 0 Å². The molecule has 8 nitrogen and oxygen atoms in total. The smallest absolute Gasteiger partial charge is 0.325 e. The van der Waals surface area contributed by atoms with Gasteiger partial charge in [-0.2, -0.15) is 0 Å². The lowest BCUT2D eigenvalue weighted by Crippen LogP contribution is -2.19. The van der Waals surface area contributed by atoms with E-state index >= 15 is 0 Å². The molecule has 2 aromatic carbocycles. The van der Waals surface area contributed by atoms with Crippen molar-refractivity contribution >= 4 is 39.8 Å². The van der Waals surface area contributed by atoms with Crippen molar-refractivity contribution in [1.82, 2.24) is 4.98 Å². The molecule has 3 aromatic rings. The molecule has 0 spiro atoms. The molecular formula is C21H22N4O4S. The average molecular weight is 426 g/mol. The van der Waals surface area contributed by atoms with E-state index in [1.165, 1.54) is 7.11 Å². The van der Waals surface area contributed by atoms with E-state index in [-0.39, 0.29) is 5.91 Å². The molecule has 0 unspecified atom stereocenters. The Bertz CT molecular complexity index is 1060. The minimum atomic E-state index is -0.434. The van der Waals surface area contributed by atoms with E-state index < -0.39 is 6.03 Å². The summed E-state index contributed by atoms with van der Waals surface area (Å²) in [5, 5.41) is 8.52. The maximum atomic E-state index is 12.7. The average Bonchev–Trinajstić information content (AvgIpc) is 3.09. The first-order valence-corrected chi connectivity index (χ1v) is 9.86. The SMILES string of the molecule is COc1ccc(NC(=O)c2sc(NC(=O)Nc3ccc(C)cc3)nc2C)c(OC)c1. The van der Waals surface area contributed by atoms with Crippen molar-refractivity contribution in [2.45, 2.75) is 13.8 Å². The Labute approximate surface area is 178 Å². The summed E-state index contributed by atoms with van der Waals surface area (Å²) < 4.78 is 10.5. The van der Waals surface area contributed by atoms with E-state index in [2.05, 4.69) is 20.9 Å². The summed E-state index contributed by atoms with van der Waals surface area (Å²) in [6.45, 7) is 3.68. The molecule has 3 amide bonds. The molecule has 3 rings (SSSR count). The Morgan fingerprint density at radius 3 is 2.33 bits per heavy atom. The Balaban J connectivity index is 1.68. The first-order chi connectivity index (χ1) is 14.4. The number of thiazole rings is 1. The molecule has 156 valence electrons. The molecule has 9 heteroatoms. The Morgan fingerprint density at radius 2 is 1.67 bits per heavy atom. The van der Waals surface area contributed by atoms with E-state index in [0.29, 0.717) is 38.6 Å². The van der Waals surface area contributed by atoms with Crippen molar-refractivity contribution < 1.29 is 19.1 Å². The number of methoxy groups -OCH3 is 2. The molecule has 0 atom stereocenters. The standard InChI is InChI=1S/C21H22N4O4S/c1-12-5-7-14(8-6-12)23-20(27)25-21-22-13(2)18(30-21)19(26)24-16-10-9-15(28-3)11-17(16)29-4/h5-11H,1-4H3,(H,24,26)(H2,22,23,25,27). The lowest BCUT2D eigenvalue weighted by Gasteiger charge is -2.11. The van der Waals surface area contributed by atoms with E-state index in [0.717, 1.165) is 16.9 Å². The molecule has 0 saturated heterocycles. The molecular weight excluding hydrogens is 404 g/mol. The summed E-state index contributed by atoms with van der Waals surface area (Å²) in [5.41, 5.74) is 2.77. The number of rotatable bonds is 6.